The fourth-order valence-corrected chi connectivity index (χ4v) is 1.79. The monoisotopic (exact) mass is 278 g/mol. The van der Waals surface area contributed by atoms with Crippen LogP contribution in [0.2, 0.25) is 0 Å². The lowest BCUT2D eigenvalue weighted by Gasteiger charge is -2.16. The minimum atomic E-state index is 0.0943. The molecule has 6 heteroatoms. The molecule has 0 aliphatic carbocycles. The summed E-state index contributed by atoms with van der Waals surface area (Å²) >= 11 is 0. The first-order valence-corrected chi connectivity index (χ1v) is 6.62. The summed E-state index contributed by atoms with van der Waals surface area (Å²) in [5.74, 6) is 1.35. The Hall–Kier alpha value is -1.98. The van der Waals surface area contributed by atoms with Gasteiger partial charge in [-0.1, -0.05) is 41.5 Å². The zero-order chi connectivity index (χ0) is 15.6. The predicted molar refractivity (Wildman–Crippen MR) is 83.4 cm³/mol. The van der Waals surface area contributed by atoms with Crippen molar-refractivity contribution >= 4 is 11.6 Å². The highest BCUT2D eigenvalue weighted by Crippen LogP contribution is 2.25. The molecule has 0 saturated heterocycles. The van der Waals surface area contributed by atoms with Gasteiger partial charge in [0.05, 0.1) is 12.4 Å². The van der Waals surface area contributed by atoms with E-state index in [1.807, 2.05) is 0 Å². The maximum Gasteiger partial charge on any atom is 0.122 e. The summed E-state index contributed by atoms with van der Waals surface area (Å²) in [5, 5.41) is 13.1. The van der Waals surface area contributed by atoms with Crippen LogP contribution in [0.25, 0.3) is 0 Å². The molecule has 0 amide bonds. The van der Waals surface area contributed by atoms with Crippen LogP contribution in [0.3, 0.4) is 0 Å². The Bertz CT molecular complexity index is 488. The maximum atomic E-state index is 5.61. The van der Waals surface area contributed by atoms with Crippen LogP contribution in [0.15, 0.2) is 12.4 Å². The molecule has 0 fully saturated rings. The fraction of sp³-hybridized carbons (Fsp3) is 0.571. The molecular weight excluding hydrogens is 252 g/mol. The van der Waals surface area contributed by atoms with Gasteiger partial charge in [-0.05, 0) is 10.8 Å². The van der Waals surface area contributed by atoms with Crippen molar-refractivity contribution in [2.24, 2.45) is 0 Å². The number of hydrogen-bond donors (Lipinski definition) is 4. The molecule has 0 atom stereocenters. The second kappa shape index (κ2) is 5.56. The highest BCUT2D eigenvalue weighted by molar-refractivity contribution is 5.42. The average Bonchev–Trinajstić information content (AvgIpc) is 2.85. The van der Waals surface area contributed by atoms with Crippen molar-refractivity contribution in [3.8, 4) is 0 Å². The van der Waals surface area contributed by atoms with Crippen LogP contribution in [-0.2, 0) is 10.8 Å². The summed E-state index contributed by atoms with van der Waals surface area (Å²) < 4.78 is 0. The van der Waals surface area contributed by atoms with Gasteiger partial charge in [0, 0.05) is 11.1 Å². The number of rotatable bonds is 0. The number of nitrogen functional groups attached to an aromatic ring is 2. The molecular formula is C14H26N6. The van der Waals surface area contributed by atoms with Gasteiger partial charge in [0.25, 0.3) is 0 Å². The van der Waals surface area contributed by atoms with Crippen LogP contribution in [0.1, 0.15) is 52.7 Å². The Morgan fingerprint density at radius 2 is 1.05 bits per heavy atom. The average molecular weight is 278 g/mol. The van der Waals surface area contributed by atoms with Gasteiger partial charge < -0.3 is 11.5 Å². The fourth-order valence-electron chi connectivity index (χ4n) is 1.79. The topological polar surface area (TPSA) is 109 Å². The first-order valence-electron chi connectivity index (χ1n) is 6.62. The molecule has 2 rings (SSSR count). The maximum absolute atomic E-state index is 5.61. The molecule has 2 aromatic rings. The smallest absolute Gasteiger partial charge is 0.122 e. The quantitative estimate of drug-likeness (QED) is 0.593. The summed E-state index contributed by atoms with van der Waals surface area (Å²) in [6.45, 7) is 12.6. The first-order chi connectivity index (χ1) is 9.03. The van der Waals surface area contributed by atoms with E-state index in [1.54, 1.807) is 12.4 Å². The molecule has 0 aromatic carbocycles. The van der Waals surface area contributed by atoms with Crippen LogP contribution in [0, 0.1) is 0 Å². The van der Waals surface area contributed by atoms with Crippen molar-refractivity contribution in [3.05, 3.63) is 23.5 Å². The van der Waals surface area contributed by atoms with Crippen molar-refractivity contribution in [3.63, 3.8) is 0 Å². The molecule has 0 spiro atoms. The molecule has 6 N–H and O–H groups in total. The van der Waals surface area contributed by atoms with E-state index in [1.165, 1.54) is 0 Å². The van der Waals surface area contributed by atoms with Crippen molar-refractivity contribution in [1.29, 1.82) is 0 Å². The predicted octanol–water partition coefficient (Wildman–Crippen LogP) is 2.58. The molecule has 6 nitrogen and oxygen atoms in total. The Kier molecular flexibility index (Phi) is 4.47. The standard InChI is InChI=1S/2C7H13N3/c2*1-7(2,3)5-4-9-10-6(5)8/h2*4H,1-3H3,(H3,8,9,10). The zero-order valence-corrected chi connectivity index (χ0v) is 13.2. The van der Waals surface area contributed by atoms with Crippen LogP contribution in [0.4, 0.5) is 11.6 Å². The molecule has 112 valence electrons. The lowest BCUT2D eigenvalue weighted by atomic mass is 9.89. The lowest BCUT2D eigenvalue weighted by Crippen LogP contribution is -2.12. The number of nitrogens with zero attached hydrogens (tertiary/aromatic N) is 2. The number of aromatic nitrogens is 4. The number of nitrogens with two attached hydrogens (primary N) is 2. The van der Waals surface area contributed by atoms with Crippen molar-refractivity contribution in [2.45, 2.75) is 52.4 Å². The van der Waals surface area contributed by atoms with E-state index in [9.17, 15) is 0 Å². The molecule has 0 aliphatic rings. The second-order valence-corrected chi connectivity index (χ2v) is 6.89. The van der Waals surface area contributed by atoms with E-state index >= 15 is 0 Å². The molecule has 0 radical (unpaired) electrons. The van der Waals surface area contributed by atoms with Gasteiger partial charge in [-0.2, -0.15) is 10.2 Å². The molecule has 0 saturated carbocycles. The molecule has 2 aromatic heterocycles. The van der Waals surface area contributed by atoms with Gasteiger partial charge in [0.15, 0.2) is 0 Å². The summed E-state index contributed by atoms with van der Waals surface area (Å²) in [4.78, 5) is 0. The number of H-pyrrole nitrogens is 2. The van der Waals surface area contributed by atoms with Crippen molar-refractivity contribution in [1.82, 2.24) is 20.4 Å². The third kappa shape index (κ3) is 4.01. The Balaban J connectivity index is 0.000000200. The molecule has 0 bridgehead atoms. The lowest BCUT2D eigenvalue weighted by molar-refractivity contribution is 0.592. The van der Waals surface area contributed by atoms with Gasteiger partial charge >= 0.3 is 0 Å². The largest absolute Gasteiger partial charge is 0.384 e. The minimum Gasteiger partial charge on any atom is -0.384 e. The second-order valence-electron chi connectivity index (χ2n) is 6.89. The number of hydrogen-bond acceptors (Lipinski definition) is 4. The van der Waals surface area contributed by atoms with Gasteiger partial charge in [-0.25, -0.2) is 0 Å². The van der Waals surface area contributed by atoms with Crippen molar-refractivity contribution < 1.29 is 0 Å². The SMILES string of the molecule is CC(C)(C)c1cn[nH]c1N.CC(C)(C)c1cn[nH]c1N. The van der Waals surface area contributed by atoms with E-state index < -0.39 is 0 Å². The molecule has 0 unspecified atom stereocenters. The Labute approximate surface area is 120 Å². The third-order valence-electron chi connectivity index (χ3n) is 2.95. The number of nitrogens with one attached hydrogen (secondary N) is 2. The summed E-state index contributed by atoms with van der Waals surface area (Å²) in [6.07, 6.45) is 3.55. The first kappa shape index (κ1) is 16.1. The molecule has 20 heavy (non-hydrogen) atoms. The summed E-state index contributed by atoms with van der Waals surface area (Å²) in [7, 11) is 0. The van der Waals surface area contributed by atoms with Gasteiger partial charge in [0.1, 0.15) is 11.6 Å². The normalized spacial score (nSPS) is 11.9. The zero-order valence-electron chi connectivity index (χ0n) is 13.2. The van der Waals surface area contributed by atoms with Crippen molar-refractivity contribution in [2.75, 3.05) is 11.5 Å². The van der Waals surface area contributed by atoms with Gasteiger partial charge in [-0.3, -0.25) is 10.2 Å². The third-order valence-corrected chi connectivity index (χ3v) is 2.95. The van der Waals surface area contributed by atoms with E-state index in [0.717, 1.165) is 11.1 Å². The van der Waals surface area contributed by atoms with E-state index in [4.69, 9.17) is 11.5 Å². The van der Waals surface area contributed by atoms with Gasteiger partial charge in [-0.15, -0.1) is 0 Å². The van der Waals surface area contributed by atoms with Crippen LogP contribution in [-0.4, -0.2) is 20.4 Å². The van der Waals surface area contributed by atoms with E-state index in [2.05, 4.69) is 61.9 Å². The molecule has 2 heterocycles. The Morgan fingerprint density at radius 3 is 1.15 bits per heavy atom. The highest BCUT2D eigenvalue weighted by atomic mass is 15.1. The minimum absolute atomic E-state index is 0.0943. The van der Waals surface area contributed by atoms with Crippen LogP contribution < -0.4 is 11.5 Å². The van der Waals surface area contributed by atoms with Gasteiger partial charge in [0.2, 0.25) is 0 Å². The van der Waals surface area contributed by atoms with Crippen LogP contribution >= 0.6 is 0 Å². The Morgan fingerprint density at radius 1 is 0.750 bits per heavy atom. The number of anilines is 2. The van der Waals surface area contributed by atoms with Crippen LogP contribution in [0.5, 0.6) is 0 Å². The van der Waals surface area contributed by atoms with E-state index in [0.29, 0.717) is 11.6 Å². The summed E-state index contributed by atoms with van der Waals surface area (Å²) in [6, 6.07) is 0. The highest BCUT2D eigenvalue weighted by Gasteiger charge is 2.18. The van der Waals surface area contributed by atoms with E-state index in [-0.39, 0.29) is 10.8 Å². The number of aromatic amines is 2. The molecule has 0 aliphatic heterocycles. The summed E-state index contributed by atoms with van der Waals surface area (Å²) in [5.41, 5.74) is 13.6.